The van der Waals surface area contributed by atoms with Gasteiger partial charge in [-0.3, -0.25) is 0 Å². The second-order valence-electron chi connectivity index (χ2n) is 16.8. The SMILES string of the molecule is CN(c1nc(Cl)nc2c1nnn2[C@@H]1O[C@H](CO)[C@@H](O)[C@H]1O)[C@H]1CCc2ccccc21.CN(c1nc(Cl)nc2c1nnn2[C@@H]1O[C@H](CO)[C@H]2OC(C)(C)O[C@H]21)[C@H]1CCc2ccccc21. The fourth-order valence-electron chi connectivity index (χ4n) is 9.67. The van der Waals surface area contributed by atoms with Crippen LogP contribution >= 0.6 is 23.2 Å². The van der Waals surface area contributed by atoms with E-state index in [0.717, 1.165) is 25.7 Å². The van der Waals surface area contributed by atoms with Crippen molar-refractivity contribution in [3.05, 3.63) is 81.4 Å². The number of benzene rings is 2. The maximum atomic E-state index is 10.4. The Morgan fingerprint density at radius 1 is 0.667 bits per heavy atom. The second-order valence-corrected chi connectivity index (χ2v) is 17.5. The highest BCUT2D eigenvalue weighted by atomic mass is 35.5. The predicted molar refractivity (Wildman–Crippen MR) is 226 cm³/mol. The quantitative estimate of drug-likeness (QED) is 0.161. The van der Waals surface area contributed by atoms with Crippen LogP contribution in [0.2, 0.25) is 10.6 Å². The number of anilines is 2. The third-order valence-electron chi connectivity index (χ3n) is 12.7. The summed E-state index contributed by atoms with van der Waals surface area (Å²) in [6.07, 6.45) is -2.78. The predicted octanol–water partition coefficient (Wildman–Crippen LogP) is 3.02. The number of halogens is 2. The molecule has 4 N–H and O–H groups in total. The van der Waals surface area contributed by atoms with Gasteiger partial charge in [0, 0.05) is 14.1 Å². The van der Waals surface area contributed by atoms with Crippen molar-refractivity contribution in [1.82, 2.24) is 49.9 Å². The van der Waals surface area contributed by atoms with Crippen LogP contribution in [0.15, 0.2) is 48.5 Å². The first-order valence-corrected chi connectivity index (χ1v) is 21.5. The number of hydrogen-bond acceptors (Lipinski definition) is 18. The monoisotopic (exact) mass is 904 g/mol. The molecule has 4 aromatic heterocycles. The maximum Gasteiger partial charge on any atom is 0.226 e. The number of ether oxygens (including phenoxy) is 4. The van der Waals surface area contributed by atoms with Crippen molar-refractivity contribution in [2.75, 3.05) is 37.1 Å². The number of fused-ring (bicyclic) bond motifs is 5. The first-order chi connectivity index (χ1) is 30.3. The Bertz CT molecular complexity index is 2670. The molecule has 0 bridgehead atoms. The standard InChI is InChI=1S/C22H25ClN6O4.C19H21ClN6O4/c1-22(2)32-16-14(10-30)31-20(17(16)33-22)29-19-15(26-27-29)18(24-21(23)25-19)28(3)13-9-8-11-6-4-5-7-12(11)13;1-25(11-7-6-9-4-2-3-5-10(9)11)16-13-17(22-19(20)21-16)26(24-23-13)18-15(29)14(28)12(8-27)30-18/h4-7,13-14,16-17,20,30H,8-10H2,1-3H3;2-5,11-12,14-15,18,27-29H,6-8H2,1H3/t13-,14+,16+,17+,20+;11-,12+,14+,15+,18+/m00/s1. The summed E-state index contributed by atoms with van der Waals surface area (Å²) in [7, 11) is 3.92. The average molecular weight is 906 g/mol. The van der Waals surface area contributed by atoms with Crippen molar-refractivity contribution in [3.63, 3.8) is 0 Å². The van der Waals surface area contributed by atoms with Crippen LogP contribution < -0.4 is 9.80 Å². The zero-order chi connectivity index (χ0) is 43.9. The first-order valence-electron chi connectivity index (χ1n) is 20.8. The van der Waals surface area contributed by atoms with Gasteiger partial charge in [0.25, 0.3) is 0 Å². The van der Waals surface area contributed by atoms with Gasteiger partial charge in [0.1, 0.15) is 36.6 Å². The van der Waals surface area contributed by atoms with E-state index in [1.54, 1.807) is 4.68 Å². The molecule has 10 atom stereocenters. The smallest absolute Gasteiger partial charge is 0.226 e. The molecule has 0 amide bonds. The van der Waals surface area contributed by atoms with Gasteiger partial charge in [-0.05, 0) is 85.0 Å². The molecule has 7 heterocycles. The summed E-state index contributed by atoms with van der Waals surface area (Å²) in [5, 5.41) is 56.7. The molecule has 22 heteroatoms. The Hall–Kier alpha value is -4.74. The summed E-state index contributed by atoms with van der Waals surface area (Å²) in [5.74, 6) is 0.328. The Kier molecular flexibility index (Phi) is 11.0. The lowest BCUT2D eigenvalue weighted by molar-refractivity contribution is -0.201. The number of nitrogens with zero attached hydrogens (tertiary/aromatic N) is 12. The van der Waals surface area contributed by atoms with Gasteiger partial charge in [-0.1, -0.05) is 59.0 Å². The van der Waals surface area contributed by atoms with E-state index in [-0.39, 0.29) is 34.9 Å². The highest BCUT2D eigenvalue weighted by Crippen LogP contribution is 2.45. The van der Waals surface area contributed by atoms with Crippen LogP contribution in [0.1, 0.15) is 73.5 Å². The minimum absolute atomic E-state index is 0.00549. The molecule has 5 aliphatic rings. The van der Waals surface area contributed by atoms with Crippen LogP contribution in [0.5, 0.6) is 0 Å². The van der Waals surface area contributed by atoms with E-state index in [1.807, 2.05) is 45.0 Å². The third-order valence-corrected chi connectivity index (χ3v) is 13.0. The maximum absolute atomic E-state index is 10.4. The van der Waals surface area contributed by atoms with Gasteiger partial charge in [-0.2, -0.15) is 29.3 Å². The molecule has 20 nitrogen and oxygen atoms in total. The van der Waals surface area contributed by atoms with E-state index >= 15 is 0 Å². The molecule has 0 saturated carbocycles. The van der Waals surface area contributed by atoms with Crippen LogP contribution in [0, 0.1) is 0 Å². The average Bonchev–Trinajstić information content (AvgIpc) is 4.15. The van der Waals surface area contributed by atoms with Crippen LogP contribution in [0.3, 0.4) is 0 Å². The Morgan fingerprint density at radius 3 is 1.65 bits per heavy atom. The van der Waals surface area contributed by atoms with Gasteiger partial charge < -0.3 is 49.2 Å². The molecule has 6 aromatic rings. The molecule has 0 spiro atoms. The molecular formula is C41H46Cl2N12O8. The second kappa shape index (κ2) is 16.4. The minimum atomic E-state index is -1.30. The summed E-state index contributed by atoms with van der Waals surface area (Å²) in [6.45, 7) is 3.03. The molecule has 2 aromatic carbocycles. The molecule has 3 fully saturated rings. The zero-order valence-corrected chi connectivity index (χ0v) is 36.2. The van der Waals surface area contributed by atoms with Gasteiger partial charge >= 0.3 is 0 Å². The van der Waals surface area contributed by atoms with Crippen LogP contribution in [-0.2, 0) is 31.8 Å². The highest BCUT2D eigenvalue weighted by molar-refractivity contribution is 6.29. The van der Waals surface area contributed by atoms with Crippen LogP contribution in [0.4, 0.5) is 11.6 Å². The fraction of sp³-hybridized carbons (Fsp3) is 0.512. The lowest BCUT2D eigenvalue weighted by Crippen LogP contribution is -2.33. The van der Waals surface area contributed by atoms with Crippen molar-refractivity contribution in [2.45, 2.75) is 106 Å². The summed E-state index contributed by atoms with van der Waals surface area (Å²) in [4.78, 5) is 21.7. The van der Waals surface area contributed by atoms with Crippen molar-refractivity contribution in [3.8, 4) is 0 Å². The number of aliphatic hydroxyl groups excluding tert-OH is 4. The molecule has 63 heavy (non-hydrogen) atoms. The molecule has 3 aliphatic heterocycles. The number of aliphatic hydroxyl groups is 4. The molecule has 0 unspecified atom stereocenters. The first kappa shape index (κ1) is 42.2. The lowest BCUT2D eigenvalue weighted by atomic mass is 10.1. The molecule has 0 radical (unpaired) electrons. The summed E-state index contributed by atoms with van der Waals surface area (Å²) < 4.78 is 26.5. The van der Waals surface area contributed by atoms with Gasteiger partial charge in [-0.25, -0.2) is 0 Å². The Balaban J connectivity index is 0.000000150. The van der Waals surface area contributed by atoms with Gasteiger partial charge in [0.15, 0.2) is 52.2 Å². The van der Waals surface area contributed by atoms with Crippen molar-refractivity contribution >= 4 is 57.2 Å². The van der Waals surface area contributed by atoms with E-state index in [0.29, 0.717) is 28.3 Å². The van der Waals surface area contributed by atoms with E-state index in [1.165, 1.54) is 26.9 Å². The van der Waals surface area contributed by atoms with Gasteiger partial charge in [-0.15, -0.1) is 10.2 Å². The van der Waals surface area contributed by atoms with Crippen LogP contribution in [-0.4, -0.2) is 140 Å². The van der Waals surface area contributed by atoms with Crippen molar-refractivity contribution in [1.29, 1.82) is 0 Å². The van der Waals surface area contributed by atoms with Crippen molar-refractivity contribution in [2.24, 2.45) is 0 Å². The zero-order valence-electron chi connectivity index (χ0n) is 34.7. The molecular weight excluding hydrogens is 859 g/mol. The molecule has 2 aliphatic carbocycles. The summed E-state index contributed by atoms with van der Waals surface area (Å²) in [5.41, 5.74) is 6.81. The molecule has 332 valence electrons. The van der Waals surface area contributed by atoms with E-state index in [9.17, 15) is 20.4 Å². The van der Waals surface area contributed by atoms with E-state index in [4.69, 9.17) is 42.1 Å². The number of hydrogen-bond donors (Lipinski definition) is 4. The molecule has 11 rings (SSSR count). The van der Waals surface area contributed by atoms with Gasteiger partial charge in [0.2, 0.25) is 10.6 Å². The summed E-state index contributed by atoms with van der Waals surface area (Å²) in [6, 6.07) is 17.0. The third kappa shape index (κ3) is 7.25. The highest BCUT2D eigenvalue weighted by Gasteiger charge is 2.56. The Morgan fingerprint density at radius 2 is 1.14 bits per heavy atom. The summed E-state index contributed by atoms with van der Waals surface area (Å²) >= 11 is 12.6. The largest absolute Gasteiger partial charge is 0.394 e. The van der Waals surface area contributed by atoms with Gasteiger partial charge in [0.05, 0.1) is 25.3 Å². The molecule has 3 saturated heterocycles. The number of rotatable bonds is 8. The Labute approximate surface area is 370 Å². The lowest BCUT2D eigenvalue weighted by Gasteiger charge is -2.26. The van der Waals surface area contributed by atoms with E-state index in [2.05, 4.69) is 81.9 Å². The van der Waals surface area contributed by atoms with Crippen molar-refractivity contribution < 1.29 is 39.4 Å². The minimum Gasteiger partial charge on any atom is -0.394 e. The van der Waals surface area contributed by atoms with E-state index < -0.39 is 61.5 Å². The van der Waals surface area contributed by atoms with Crippen LogP contribution in [0.25, 0.3) is 22.3 Å². The normalized spacial score (nSPS) is 29.2. The number of aryl methyl sites for hydroxylation is 2. The fourth-order valence-corrected chi connectivity index (χ4v) is 9.99. The number of aromatic nitrogens is 10. The topological polar surface area (TPSA) is 237 Å².